The van der Waals surface area contributed by atoms with Gasteiger partial charge < -0.3 is 9.05 Å². The monoisotopic (exact) mass is 291 g/mol. The van der Waals surface area contributed by atoms with Gasteiger partial charge in [-0.3, -0.25) is 4.98 Å². The Hall–Kier alpha value is -3.35. The topological polar surface area (TPSA) is 90.7 Å². The van der Waals surface area contributed by atoms with Crippen LogP contribution in [0.15, 0.2) is 63.8 Å². The quantitative estimate of drug-likeness (QED) is 0.573. The van der Waals surface area contributed by atoms with Crippen LogP contribution >= 0.6 is 0 Å². The van der Waals surface area contributed by atoms with Gasteiger partial charge in [0, 0.05) is 11.8 Å². The van der Waals surface area contributed by atoms with Crippen molar-refractivity contribution in [2.75, 3.05) is 0 Å². The second-order valence-corrected chi connectivity index (χ2v) is 4.43. The van der Waals surface area contributed by atoms with E-state index in [9.17, 15) is 0 Å². The molecule has 0 aliphatic carbocycles. The third-order valence-corrected chi connectivity index (χ3v) is 2.96. The Balaban J connectivity index is 1.66. The minimum absolute atomic E-state index is 0.162. The van der Waals surface area contributed by atoms with Crippen LogP contribution in [0.25, 0.3) is 34.7 Å². The maximum Gasteiger partial charge on any atom is 0.316 e. The van der Waals surface area contributed by atoms with Crippen LogP contribution in [0.3, 0.4) is 0 Å². The molecule has 4 aromatic rings. The van der Waals surface area contributed by atoms with Crippen LogP contribution in [0.1, 0.15) is 0 Å². The molecule has 0 atom stereocenters. The summed E-state index contributed by atoms with van der Waals surface area (Å²) in [4.78, 5) is 12.6. The number of rotatable bonds is 3. The van der Waals surface area contributed by atoms with Crippen LogP contribution < -0.4 is 0 Å². The number of nitrogens with zero attached hydrogens (tertiary/aromatic N) is 5. The third-order valence-electron chi connectivity index (χ3n) is 2.96. The van der Waals surface area contributed by atoms with Gasteiger partial charge in [-0.05, 0) is 12.1 Å². The summed E-state index contributed by atoms with van der Waals surface area (Å²) in [7, 11) is 0. The molecule has 3 aromatic heterocycles. The Kier molecular flexibility index (Phi) is 2.93. The number of hydrogen-bond acceptors (Lipinski definition) is 7. The molecule has 0 amide bonds. The second-order valence-electron chi connectivity index (χ2n) is 4.43. The van der Waals surface area contributed by atoms with E-state index >= 15 is 0 Å². The number of hydrogen-bond donors (Lipinski definition) is 0. The van der Waals surface area contributed by atoms with E-state index in [2.05, 4.69) is 25.3 Å². The van der Waals surface area contributed by atoms with E-state index in [0.29, 0.717) is 17.3 Å². The molecule has 1 aromatic carbocycles. The van der Waals surface area contributed by atoms with Crippen molar-refractivity contribution in [3.05, 3.63) is 54.7 Å². The lowest BCUT2D eigenvalue weighted by atomic mass is 10.2. The van der Waals surface area contributed by atoms with Crippen LogP contribution in [0, 0.1) is 0 Å². The molecule has 22 heavy (non-hydrogen) atoms. The molecule has 0 saturated carbocycles. The highest BCUT2D eigenvalue weighted by Gasteiger charge is 2.18. The smallest absolute Gasteiger partial charge is 0.316 e. The summed E-state index contributed by atoms with van der Waals surface area (Å²) in [6.45, 7) is 0. The van der Waals surface area contributed by atoms with E-state index in [-0.39, 0.29) is 11.8 Å². The van der Waals surface area contributed by atoms with Crippen LogP contribution in [0.2, 0.25) is 0 Å². The molecule has 0 radical (unpaired) electrons. The van der Waals surface area contributed by atoms with Crippen LogP contribution in [-0.2, 0) is 0 Å². The predicted octanol–water partition coefficient (Wildman–Crippen LogP) is 2.85. The zero-order chi connectivity index (χ0) is 14.8. The fraction of sp³-hybridized carbons (Fsp3) is 0. The molecule has 0 fully saturated rings. The van der Waals surface area contributed by atoms with E-state index in [1.54, 1.807) is 12.3 Å². The second kappa shape index (κ2) is 5.21. The van der Waals surface area contributed by atoms with E-state index in [1.807, 2.05) is 42.5 Å². The van der Waals surface area contributed by atoms with Gasteiger partial charge in [-0.15, -0.1) is 0 Å². The van der Waals surface area contributed by atoms with Gasteiger partial charge in [-0.1, -0.05) is 46.7 Å². The normalized spacial score (nSPS) is 10.7. The van der Waals surface area contributed by atoms with Gasteiger partial charge in [0.25, 0.3) is 0 Å². The van der Waals surface area contributed by atoms with Gasteiger partial charge in [-0.2, -0.15) is 9.97 Å². The van der Waals surface area contributed by atoms with E-state index in [1.165, 1.54) is 0 Å². The van der Waals surface area contributed by atoms with Gasteiger partial charge in [0.2, 0.25) is 11.6 Å². The zero-order valence-electron chi connectivity index (χ0n) is 11.2. The van der Waals surface area contributed by atoms with E-state index < -0.39 is 0 Å². The molecule has 0 N–H and O–H groups in total. The molecule has 0 spiro atoms. The van der Waals surface area contributed by atoms with Crippen molar-refractivity contribution >= 4 is 0 Å². The maximum absolute atomic E-state index is 5.18. The summed E-state index contributed by atoms with van der Waals surface area (Å²) in [6, 6.07) is 14.9. The first-order valence-corrected chi connectivity index (χ1v) is 6.55. The predicted molar refractivity (Wildman–Crippen MR) is 76.3 cm³/mol. The van der Waals surface area contributed by atoms with Crippen molar-refractivity contribution < 1.29 is 9.05 Å². The number of benzene rings is 1. The average Bonchev–Trinajstić information content (AvgIpc) is 3.26. The lowest BCUT2D eigenvalue weighted by Gasteiger charge is -1.90. The molecule has 7 nitrogen and oxygen atoms in total. The van der Waals surface area contributed by atoms with E-state index in [0.717, 1.165) is 5.56 Å². The highest BCUT2D eigenvalue weighted by Crippen LogP contribution is 2.22. The summed E-state index contributed by atoms with van der Waals surface area (Å²) in [5.74, 6) is 1.17. The Morgan fingerprint density at radius 3 is 2.09 bits per heavy atom. The van der Waals surface area contributed by atoms with Gasteiger partial charge in [0.1, 0.15) is 5.69 Å². The highest BCUT2D eigenvalue weighted by molar-refractivity contribution is 5.57. The standard InChI is InChI=1S/C15H9N5O2/c1-2-6-10(7-3-1)12-17-14(21-19-12)15-18-13(20-22-15)11-8-4-5-9-16-11/h1-9H. The molecule has 0 aliphatic rings. The van der Waals surface area contributed by atoms with Gasteiger partial charge >= 0.3 is 11.8 Å². The van der Waals surface area contributed by atoms with Crippen molar-refractivity contribution in [1.82, 2.24) is 25.3 Å². The van der Waals surface area contributed by atoms with Crippen molar-refractivity contribution in [3.63, 3.8) is 0 Å². The van der Waals surface area contributed by atoms with Crippen LogP contribution in [0.4, 0.5) is 0 Å². The van der Waals surface area contributed by atoms with Crippen molar-refractivity contribution in [1.29, 1.82) is 0 Å². The minimum atomic E-state index is 0.162. The molecule has 7 heteroatoms. The van der Waals surface area contributed by atoms with Gasteiger partial charge in [0.05, 0.1) is 0 Å². The van der Waals surface area contributed by atoms with Crippen LogP contribution in [-0.4, -0.2) is 25.3 Å². The highest BCUT2D eigenvalue weighted by atomic mass is 16.5. The number of aromatic nitrogens is 5. The Morgan fingerprint density at radius 2 is 1.36 bits per heavy atom. The minimum Gasteiger partial charge on any atom is -0.328 e. The molecule has 4 rings (SSSR count). The third kappa shape index (κ3) is 2.24. The molecule has 3 heterocycles. The van der Waals surface area contributed by atoms with Gasteiger partial charge in [-0.25, -0.2) is 0 Å². The number of pyridine rings is 1. The first-order valence-electron chi connectivity index (χ1n) is 6.55. The summed E-state index contributed by atoms with van der Waals surface area (Å²) >= 11 is 0. The molecular formula is C15H9N5O2. The Labute approximate surface area is 124 Å². The molecule has 0 saturated heterocycles. The summed E-state index contributed by atoms with van der Waals surface area (Å²) in [5, 5.41) is 7.78. The Morgan fingerprint density at radius 1 is 0.682 bits per heavy atom. The van der Waals surface area contributed by atoms with Crippen molar-refractivity contribution in [3.8, 4) is 34.7 Å². The Bertz CT molecular complexity index is 811. The van der Waals surface area contributed by atoms with E-state index in [4.69, 9.17) is 9.05 Å². The van der Waals surface area contributed by atoms with Crippen LogP contribution in [0.5, 0.6) is 0 Å². The molecule has 0 bridgehead atoms. The molecule has 106 valence electrons. The van der Waals surface area contributed by atoms with Gasteiger partial charge in [0.15, 0.2) is 0 Å². The fourth-order valence-electron chi connectivity index (χ4n) is 1.92. The van der Waals surface area contributed by atoms with Crippen molar-refractivity contribution in [2.24, 2.45) is 0 Å². The molecule has 0 unspecified atom stereocenters. The fourth-order valence-corrected chi connectivity index (χ4v) is 1.92. The first-order chi connectivity index (χ1) is 10.9. The maximum atomic E-state index is 5.18. The zero-order valence-corrected chi connectivity index (χ0v) is 11.2. The average molecular weight is 291 g/mol. The first kappa shape index (κ1) is 12.4. The lowest BCUT2D eigenvalue weighted by Crippen LogP contribution is -1.84. The molecule has 0 aliphatic heterocycles. The molecular weight excluding hydrogens is 282 g/mol. The summed E-state index contributed by atoms with van der Waals surface area (Å²) < 4.78 is 10.3. The summed E-state index contributed by atoms with van der Waals surface area (Å²) in [6.07, 6.45) is 1.66. The summed E-state index contributed by atoms with van der Waals surface area (Å²) in [5.41, 5.74) is 1.46. The SMILES string of the molecule is c1ccc(-c2noc(-c3nc(-c4ccccn4)no3)n2)cc1. The van der Waals surface area contributed by atoms with Crippen molar-refractivity contribution in [2.45, 2.75) is 0 Å². The largest absolute Gasteiger partial charge is 0.328 e. The lowest BCUT2D eigenvalue weighted by molar-refractivity contribution is 0.383.